The Hall–Kier alpha value is -1.80. The van der Waals surface area contributed by atoms with Crippen LogP contribution in [-0.2, 0) is 21.7 Å². The zero-order valence-corrected chi connectivity index (χ0v) is 18.6. The van der Waals surface area contributed by atoms with E-state index < -0.39 is 53.7 Å². The molecule has 0 amide bonds. The molecule has 1 saturated heterocycles. The van der Waals surface area contributed by atoms with Crippen molar-refractivity contribution in [3.8, 4) is 0 Å². The van der Waals surface area contributed by atoms with E-state index in [2.05, 4.69) is 25.9 Å². The minimum Gasteiger partial charge on any atom is -0.399 e. The van der Waals surface area contributed by atoms with Crippen LogP contribution in [0.25, 0.3) is 0 Å². The van der Waals surface area contributed by atoms with Crippen LogP contribution in [0.4, 0.5) is 35.1 Å². The Bertz CT molecular complexity index is 966. The molecular weight excluding hydrogens is 519 g/mol. The Kier molecular flexibility index (Phi) is 7.33. The molecule has 3 rings (SSSR count). The highest BCUT2D eigenvalue weighted by molar-refractivity contribution is 9.10. The fourth-order valence-corrected chi connectivity index (χ4v) is 2.70. The number of halogens is 9. The van der Waals surface area contributed by atoms with Gasteiger partial charge in [0.25, 0.3) is 0 Å². The summed E-state index contributed by atoms with van der Waals surface area (Å²) in [7, 11) is -0.940. The van der Waals surface area contributed by atoms with Gasteiger partial charge in [-0.15, -0.1) is 0 Å². The van der Waals surface area contributed by atoms with E-state index in [0.717, 1.165) is 24.5 Å². The zero-order valence-electron chi connectivity index (χ0n) is 17.0. The van der Waals surface area contributed by atoms with Gasteiger partial charge in [0.15, 0.2) is 23.0 Å². The Morgan fingerprint density at radius 1 is 0.781 bits per heavy atom. The van der Waals surface area contributed by atoms with Gasteiger partial charge in [0, 0.05) is 22.3 Å². The molecule has 0 aromatic carbocycles. The molecule has 2 aromatic rings. The van der Waals surface area contributed by atoms with E-state index in [9.17, 15) is 35.1 Å². The van der Waals surface area contributed by atoms with Crippen LogP contribution in [0.15, 0.2) is 29.0 Å². The molecule has 32 heavy (non-hydrogen) atoms. The SMILES string of the molecule is CC1(C)OB(c2cnc(C(F)(F)F)c(F)c2)OC1(C)C.Fc1cc(Br)cnc1C(F)(F)F. The molecule has 0 bridgehead atoms. The molecule has 1 aliphatic rings. The number of pyridine rings is 2. The van der Waals surface area contributed by atoms with Crippen molar-refractivity contribution in [3.63, 3.8) is 0 Å². The van der Waals surface area contributed by atoms with Crippen LogP contribution in [0, 0.1) is 11.6 Å². The van der Waals surface area contributed by atoms with E-state index in [4.69, 9.17) is 9.31 Å². The fourth-order valence-electron chi connectivity index (χ4n) is 2.39. The number of aromatic nitrogens is 2. The number of nitrogens with zero attached hydrogens (tertiary/aromatic N) is 2. The standard InChI is InChI=1S/C12H14BF4NO2.C6H2BrF4N/c1-10(2)11(3,4)20-13(19-10)7-5-8(14)9(18-6-7)12(15,16)17;7-3-1-4(8)5(12-2-3)6(9,10)11/h5-6H,1-4H3;1-2H. The lowest BCUT2D eigenvalue weighted by Gasteiger charge is -2.32. The molecule has 0 radical (unpaired) electrons. The van der Waals surface area contributed by atoms with Gasteiger partial charge in [-0.25, -0.2) is 18.7 Å². The Balaban J connectivity index is 0.000000258. The van der Waals surface area contributed by atoms with Crippen LogP contribution < -0.4 is 5.46 Å². The summed E-state index contributed by atoms with van der Waals surface area (Å²) in [5, 5.41) is 0. The maximum absolute atomic E-state index is 13.5. The van der Waals surface area contributed by atoms with Crippen LogP contribution in [0.1, 0.15) is 39.1 Å². The van der Waals surface area contributed by atoms with Crippen LogP contribution in [-0.4, -0.2) is 28.3 Å². The molecule has 3 heterocycles. The molecule has 0 unspecified atom stereocenters. The minimum absolute atomic E-state index is 0.120. The largest absolute Gasteiger partial charge is 0.496 e. The molecule has 1 fully saturated rings. The van der Waals surface area contributed by atoms with Crippen LogP contribution in [0.5, 0.6) is 0 Å². The first-order valence-corrected chi connectivity index (χ1v) is 9.61. The molecule has 14 heteroatoms. The lowest BCUT2D eigenvalue weighted by Crippen LogP contribution is -2.41. The summed E-state index contributed by atoms with van der Waals surface area (Å²) in [6, 6.07) is 1.47. The average Bonchev–Trinajstić information content (AvgIpc) is 2.80. The molecule has 0 atom stereocenters. The predicted octanol–water partition coefficient (Wildman–Crippen LogP) is 5.54. The monoisotopic (exact) mass is 534 g/mol. The topological polar surface area (TPSA) is 44.2 Å². The van der Waals surface area contributed by atoms with Crippen molar-refractivity contribution in [2.45, 2.75) is 51.2 Å². The summed E-state index contributed by atoms with van der Waals surface area (Å²) >= 11 is 2.79. The molecule has 4 nitrogen and oxygen atoms in total. The van der Waals surface area contributed by atoms with E-state index in [1.165, 1.54) is 0 Å². The van der Waals surface area contributed by atoms with Gasteiger partial charge in [-0.1, -0.05) is 0 Å². The first-order valence-electron chi connectivity index (χ1n) is 8.81. The van der Waals surface area contributed by atoms with Crippen molar-refractivity contribution in [2.24, 2.45) is 0 Å². The summed E-state index contributed by atoms with van der Waals surface area (Å²) < 4.78 is 110. The smallest absolute Gasteiger partial charge is 0.399 e. The fraction of sp³-hybridized carbons (Fsp3) is 0.444. The third-order valence-corrected chi connectivity index (χ3v) is 5.17. The molecule has 0 saturated carbocycles. The summed E-state index contributed by atoms with van der Waals surface area (Å²) in [6.45, 7) is 7.17. The number of rotatable bonds is 1. The Morgan fingerprint density at radius 3 is 1.56 bits per heavy atom. The average molecular weight is 535 g/mol. The lowest BCUT2D eigenvalue weighted by molar-refractivity contribution is -0.144. The number of alkyl halides is 6. The van der Waals surface area contributed by atoms with Crippen LogP contribution >= 0.6 is 15.9 Å². The molecule has 0 N–H and O–H groups in total. The summed E-state index contributed by atoms with van der Waals surface area (Å²) in [5.41, 5.74) is -4.23. The summed E-state index contributed by atoms with van der Waals surface area (Å²) in [6.07, 6.45) is -7.73. The van der Waals surface area contributed by atoms with E-state index in [0.29, 0.717) is 0 Å². The lowest BCUT2D eigenvalue weighted by atomic mass is 9.80. The summed E-state index contributed by atoms with van der Waals surface area (Å²) in [5.74, 6) is -2.82. The van der Waals surface area contributed by atoms with Crippen molar-refractivity contribution in [3.05, 3.63) is 52.0 Å². The van der Waals surface area contributed by atoms with Crippen LogP contribution in [0.2, 0.25) is 0 Å². The van der Waals surface area contributed by atoms with E-state index in [1.54, 1.807) is 27.7 Å². The van der Waals surface area contributed by atoms with Gasteiger partial charge in [0.05, 0.1) is 11.2 Å². The first kappa shape index (κ1) is 26.5. The molecule has 0 aliphatic carbocycles. The van der Waals surface area contributed by atoms with Gasteiger partial charge < -0.3 is 9.31 Å². The Morgan fingerprint density at radius 2 is 1.19 bits per heavy atom. The van der Waals surface area contributed by atoms with Crippen molar-refractivity contribution in [2.75, 3.05) is 0 Å². The molecular formula is C18H16BBrF8N2O2. The van der Waals surface area contributed by atoms with Crippen molar-refractivity contribution >= 4 is 28.5 Å². The minimum atomic E-state index is -4.82. The highest BCUT2D eigenvalue weighted by atomic mass is 79.9. The van der Waals surface area contributed by atoms with E-state index >= 15 is 0 Å². The van der Waals surface area contributed by atoms with Gasteiger partial charge in [0.2, 0.25) is 0 Å². The second-order valence-corrected chi connectivity index (χ2v) is 8.58. The number of hydrogen-bond acceptors (Lipinski definition) is 4. The predicted molar refractivity (Wildman–Crippen MR) is 102 cm³/mol. The van der Waals surface area contributed by atoms with Gasteiger partial charge >= 0.3 is 19.5 Å². The van der Waals surface area contributed by atoms with Crippen LogP contribution in [0.3, 0.4) is 0 Å². The van der Waals surface area contributed by atoms with Gasteiger partial charge in [0.1, 0.15) is 0 Å². The number of hydrogen-bond donors (Lipinski definition) is 0. The van der Waals surface area contributed by atoms with Gasteiger partial charge in [-0.3, -0.25) is 0 Å². The maximum atomic E-state index is 13.5. The third-order valence-electron chi connectivity index (χ3n) is 4.73. The second-order valence-electron chi connectivity index (χ2n) is 7.67. The highest BCUT2D eigenvalue weighted by Crippen LogP contribution is 2.37. The molecule has 176 valence electrons. The highest BCUT2D eigenvalue weighted by Gasteiger charge is 2.52. The van der Waals surface area contributed by atoms with Crippen molar-refractivity contribution in [1.29, 1.82) is 0 Å². The van der Waals surface area contributed by atoms with Gasteiger partial charge in [-0.05, 0) is 55.8 Å². The molecule has 0 spiro atoms. The quantitative estimate of drug-likeness (QED) is 0.356. The summed E-state index contributed by atoms with van der Waals surface area (Å²) in [4.78, 5) is 6.03. The molecule has 1 aliphatic heterocycles. The normalized spacial score (nSPS) is 17.7. The van der Waals surface area contributed by atoms with Crippen molar-refractivity contribution in [1.82, 2.24) is 9.97 Å². The Labute approximate surface area is 186 Å². The zero-order chi connectivity index (χ0) is 24.7. The van der Waals surface area contributed by atoms with E-state index in [-0.39, 0.29) is 9.94 Å². The van der Waals surface area contributed by atoms with Gasteiger partial charge in [-0.2, -0.15) is 26.3 Å². The van der Waals surface area contributed by atoms with E-state index in [1.807, 2.05) is 0 Å². The van der Waals surface area contributed by atoms with Crippen molar-refractivity contribution < 1.29 is 44.4 Å². The molecule has 2 aromatic heterocycles. The third kappa shape index (κ3) is 5.96. The maximum Gasteiger partial charge on any atom is 0.496 e. The first-order chi connectivity index (χ1) is 14.3. The second kappa shape index (κ2) is 8.86.